The standard InChI is InChI=1S/C19H17ClFN3O4/c20-17-3-4-18(23-22-17)27-10-14-11-28-19(25)24(14)13-1-2-15(16(21)9-13)12-5-7-26-8-6-12/h1-5,9,14H,6-8,10-11H2/t14-/m1/s1. The van der Waals surface area contributed by atoms with Crippen LogP contribution in [0.25, 0.3) is 5.57 Å². The smallest absolute Gasteiger partial charge is 0.414 e. The molecule has 0 aliphatic carbocycles. The number of ether oxygens (including phenoxy) is 3. The van der Waals surface area contributed by atoms with Gasteiger partial charge in [0, 0.05) is 11.6 Å². The number of hydrogen-bond acceptors (Lipinski definition) is 6. The lowest BCUT2D eigenvalue weighted by Gasteiger charge is -2.22. The van der Waals surface area contributed by atoms with Crippen LogP contribution in [-0.4, -0.2) is 48.8 Å². The second-order valence-corrected chi connectivity index (χ2v) is 6.71. The van der Waals surface area contributed by atoms with Crippen molar-refractivity contribution in [2.24, 2.45) is 0 Å². The van der Waals surface area contributed by atoms with Crippen LogP contribution >= 0.6 is 11.6 Å². The highest BCUT2D eigenvalue weighted by Gasteiger charge is 2.35. The fourth-order valence-electron chi connectivity index (χ4n) is 3.15. The summed E-state index contributed by atoms with van der Waals surface area (Å²) < 4.78 is 30.7. The number of anilines is 1. The van der Waals surface area contributed by atoms with Crippen LogP contribution in [0.4, 0.5) is 14.9 Å². The third kappa shape index (κ3) is 3.93. The first-order valence-electron chi connectivity index (χ1n) is 8.76. The van der Waals surface area contributed by atoms with E-state index in [9.17, 15) is 9.18 Å². The Balaban J connectivity index is 1.50. The van der Waals surface area contributed by atoms with E-state index in [0.29, 0.717) is 30.9 Å². The number of aromatic nitrogens is 2. The quantitative estimate of drug-likeness (QED) is 0.758. The Morgan fingerprint density at radius 3 is 2.89 bits per heavy atom. The van der Waals surface area contributed by atoms with Crippen LogP contribution in [0.5, 0.6) is 5.88 Å². The first-order valence-corrected chi connectivity index (χ1v) is 9.14. The third-order valence-electron chi connectivity index (χ3n) is 4.53. The molecule has 0 bridgehead atoms. The van der Waals surface area contributed by atoms with Gasteiger partial charge in [0.25, 0.3) is 0 Å². The first-order chi connectivity index (χ1) is 13.6. The maximum atomic E-state index is 14.7. The van der Waals surface area contributed by atoms with Crippen LogP contribution in [0.1, 0.15) is 12.0 Å². The summed E-state index contributed by atoms with van der Waals surface area (Å²) in [6.07, 6.45) is 1.98. The third-order valence-corrected chi connectivity index (χ3v) is 4.73. The van der Waals surface area contributed by atoms with Crippen LogP contribution in [0.15, 0.2) is 36.4 Å². The Kier molecular flexibility index (Phi) is 5.40. The minimum absolute atomic E-state index is 0.119. The molecule has 0 spiro atoms. The molecule has 1 atom stereocenters. The summed E-state index contributed by atoms with van der Waals surface area (Å²) >= 11 is 5.70. The van der Waals surface area contributed by atoms with E-state index >= 15 is 0 Å². The van der Waals surface area contributed by atoms with Crippen molar-refractivity contribution in [2.75, 3.05) is 31.3 Å². The number of nitrogens with zero attached hydrogens (tertiary/aromatic N) is 3. The summed E-state index contributed by atoms with van der Waals surface area (Å²) in [6, 6.07) is 7.43. The Morgan fingerprint density at radius 1 is 1.29 bits per heavy atom. The topological polar surface area (TPSA) is 73.8 Å². The number of halogens is 2. The van der Waals surface area contributed by atoms with Gasteiger partial charge in [-0.3, -0.25) is 4.90 Å². The van der Waals surface area contributed by atoms with Gasteiger partial charge in [-0.15, -0.1) is 10.2 Å². The summed E-state index contributed by atoms with van der Waals surface area (Å²) in [5.74, 6) is -0.120. The van der Waals surface area contributed by atoms with Crippen LogP contribution in [0.2, 0.25) is 5.15 Å². The molecule has 2 aliphatic rings. The predicted molar refractivity (Wildman–Crippen MR) is 100.0 cm³/mol. The molecule has 1 aromatic heterocycles. The van der Waals surface area contributed by atoms with E-state index in [1.54, 1.807) is 24.3 Å². The molecule has 1 saturated heterocycles. The Morgan fingerprint density at radius 2 is 2.18 bits per heavy atom. The highest BCUT2D eigenvalue weighted by atomic mass is 35.5. The number of benzene rings is 1. The van der Waals surface area contributed by atoms with E-state index in [2.05, 4.69) is 10.2 Å². The summed E-state index contributed by atoms with van der Waals surface area (Å²) in [4.78, 5) is 13.6. The molecule has 7 nitrogen and oxygen atoms in total. The van der Waals surface area contributed by atoms with Crippen LogP contribution in [0.3, 0.4) is 0 Å². The Hall–Kier alpha value is -2.71. The second-order valence-electron chi connectivity index (χ2n) is 6.32. The van der Waals surface area contributed by atoms with Crippen molar-refractivity contribution in [1.29, 1.82) is 0 Å². The molecular weight excluding hydrogens is 389 g/mol. The van der Waals surface area contributed by atoms with Gasteiger partial charge in [-0.25, -0.2) is 9.18 Å². The number of cyclic esters (lactones) is 1. The van der Waals surface area contributed by atoms with Gasteiger partial charge >= 0.3 is 6.09 Å². The fraction of sp³-hybridized carbons (Fsp3) is 0.316. The molecule has 1 fully saturated rings. The lowest BCUT2D eigenvalue weighted by Crippen LogP contribution is -2.38. The highest BCUT2D eigenvalue weighted by molar-refractivity contribution is 6.29. The molecule has 2 aliphatic heterocycles. The predicted octanol–water partition coefficient (Wildman–Crippen LogP) is 3.48. The minimum Gasteiger partial charge on any atom is -0.474 e. The molecule has 28 heavy (non-hydrogen) atoms. The molecule has 1 aromatic carbocycles. The van der Waals surface area contributed by atoms with Gasteiger partial charge in [-0.2, -0.15) is 0 Å². The van der Waals surface area contributed by atoms with Crippen LogP contribution < -0.4 is 9.64 Å². The van der Waals surface area contributed by atoms with Crippen molar-refractivity contribution in [3.63, 3.8) is 0 Å². The number of rotatable bonds is 5. The van der Waals surface area contributed by atoms with Crippen molar-refractivity contribution in [3.05, 3.63) is 52.9 Å². The molecule has 0 unspecified atom stereocenters. The monoisotopic (exact) mass is 405 g/mol. The van der Waals surface area contributed by atoms with Crippen molar-refractivity contribution in [2.45, 2.75) is 12.5 Å². The summed E-state index contributed by atoms with van der Waals surface area (Å²) in [7, 11) is 0. The molecule has 2 aromatic rings. The average molecular weight is 406 g/mol. The van der Waals surface area contributed by atoms with Gasteiger partial charge < -0.3 is 14.2 Å². The van der Waals surface area contributed by atoms with Gasteiger partial charge in [-0.1, -0.05) is 17.7 Å². The van der Waals surface area contributed by atoms with E-state index in [0.717, 1.165) is 5.57 Å². The molecule has 0 saturated carbocycles. The Bertz CT molecular complexity index is 907. The van der Waals surface area contributed by atoms with Gasteiger partial charge in [0.2, 0.25) is 5.88 Å². The molecule has 146 valence electrons. The molecule has 4 rings (SSSR count). The van der Waals surface area contributed by atoms with Gasteiger partial charge in [-0.05, 0) is 36.3 Å². The normalized spacial score (nSPS) is 19.4. The van der Waals surface area contributed by atoms with E-state index in [1.165, 1.54) is 11.0 Å². The molecule has 1 amide bonds. The average Bonchev–Trinajstić information content (AvgIpc) is 3.08. The first kappa shape index (κ1) is 18.6. The van der Waals surface area contributed by atoms with E-state index in [4.69, 9.17) is 25.8 Å². The molecular formula is C19H17ClFN3O4. The zero-order valence-corrected chi connectivity index (χ0v) is 15.6. The molecule has 0 radical (unpaired) electrons. The number of amides is 1. The number of hydrogen-bond donors (Lipinski definition) is 0. The lowest BCUT2D eigenvalue weighted by atomic mass is 10.0. The fourth-order valence-corrected chi connectivity index (χ4v) is 3.25. The lowest BCUT2D eigenvalue weighted by molar-refractivity contribution is 0.161. The maximum absolute atomic E-state index is 14.7. The minimum atomic E-state index is -0.548. The van der Waals surface area contributed by atoms with Crippen molar-refractivity contribution in [1.82, 2.24) is 10.2 Å². The highest BCUT2D eigenvalue weighted by Crippen LogP contribution is 2.30. The summed E-state index contributed by atoms with van der Waals surface area (Å²) in [5.41, 5.74) is 1.83. The summed E-state index contributed by atoms with van der Waals surface area (Å²) in [6.45, 7) is 1.29. The van der Waals surface area contributed by atoms with E-state index in [1.807, 2.05) is 6.08 Å². The molecule has 9 heteroatoms. The molecule has 0 N–H and O–H groups in total. The van der Waals surface area contributed by atoms with Crippen molar-refractivity contribution in [3.8, 4) is 5.88 Å². The van der Waals surface area contributed by atoms with Gasteiger partial charge in [0.05, 0.1) is 18.9 Å². The van der Waals surface area contributed by atoms with Gasteiger partial charge in [0.1, 0.15) is 25.1 Å². The number of carbonyl (C=O) groups excluding carboxylic acids is 1. The summed E-state index contributed by atoms with van der Waals surface area (Å²) in [5, 5.41) is 7.76. The largest absolute Gasteiger partial charge is 0.474 e. The maximum Gasteiger partial charge on any atom is 0.414 e. The second kappa shape index (κ2) is 8.12. The zero-order chi connectivity index (χ0) is 19.5. The zero-order valence-electron chi connectivity index (χ0n) is 14.8. The van der Waals surface area contributed by atoms with Gasteiger partial charge in [0.15, 0.2) is 5.15 Å². The van der Waals surface area contributed by atoms with Crippen LogP contribution in [-0.2, 0) is 9.47 Å². The van der Waals surface area contributed by atoms with Crippen molar-refractivity contribution >= 4 is 29.0 Å². The number of carbonyl (C=O) groups is 1. The Labute approximate surface area is 165 Å². The SMILES string of the molecule is O=C1OC[C@@H](COc2ccc(Cl)nn2)N1c1ccc(C2=CCOCC2)c(F)c1. The molecule has 3 heterocycles. The van der Waals surface area contributed by atoms with E-state index in [-0.39, 0.29) is 24.2 Å². The van der Waals surface area contributed by atoms with E-state index < -0.39 is 18.0 Å². The van der Waals surface area contributed by atoms with Crippen molar-refractivity contribution < 1.29 is 23.4 Å². The van der Waals surface area contributed by atoms with Crippen LogP contribution in [0, 0.1) is 5.82 Å².